The third kappa shape index (κ3) is 3.89. The molecular weight excluding hydrogens is 354 g/mol. The van der Waals surface area contributed by atoms with Crippen molar-refractivity contribution in [2.45, 2.75) is 31.1 Å². The van der Waals surface area contributed by atoms with Gasteiger partial charge in [0.2, 0.25) is 10.0 Å². The van der Waals surface area contributed by atoms with Crippen LogP contribution in [0.3, 0.4) is 0 Å². The highest BCUT2D eigenvalue weighted by Gasteiger charge is 2.27. The van der Waals surface area contributed by atoms with Gasteiger partial charge in [-0.15, -0.1) is 0 Å². The molecule has 0 radical (unpaired) electrons. The van der Waals surface area contributed by atoms with E-state index in [9.17, 15) is 17.2 Å². The average Bonchev–Trinajstić information content (AvgIpc) is 3.14. The Balaban J connectivity index is 2.10. The van der Waals surface area contributed by atoms with Crippen molar-refractivity contribution in [3.8, 4) is 0 Å². The van der Waals surface area contributed by atoms with E-state index >= 15 is 0 Å². The first-order chi connectivity index (χ1) is 9.29. The zero-order valence-corrected chi connectivity index (χ0v) is 13.2. The molecule has 0 aromatic heterocycles. The standard InChI is InChI=1S/C12H15BrF2N2O2S/c1-7(6-16-9-2-3-9)20(18,19)17-12-10(13)4-8(14)5-11(12)15/h4-5,7,9,16-17H,2-3,6H2,1H3. The van der Waals surface area contributed by atoms with E-state index in [1.165, 1.54) is 6.92 Å². The van der Waals surface area contributed by atoms with E-state index in [0.29, 0.717) is 18.7 Å². The molecular formula is C12H15BrF2N2O2S. The Bertz CT molecular complexity index is 582. The first kappa shape index (κ1) is 15.7. The highest BCUT2D eigenvalue weighted by Crippen LogP contribution is 2.28. The Labute approximate surface area is 125 Å². The fourth-order valence-electron chi connectivity index (χ4n) is 1.61. The molecule has 0 bridgehead atoms. The number of rotatable bonds is 6. The molecule has 1 saturated carbocycles. The molecule has 0 saturated heterocycles. The van der Waals surface area contributed by atoms with Crippen LogP contribution in [-0.2, 0) is 10.0 Å². The summed E-state index contributed by atoms with van der Waals surface area (Å²) < 4.78 is 53.0. The molecule has 20 heavy (non-hydrogen) atoms. The maximum absolute atomic E-state index is 13.6. The van der Waals surface area contributed by atoms with Gasteiger partial charge >= 0.3 is 0 Å². The molecule has 0 aliphatic heterocycles. The van der Waals surface area contributed by atoms with Gasteiger partial charge in [-0.3, -0.25) is 4.72 Å². The summed E-state index contributed by atoms with van der Waals surface area (Å²) in [7, 11) is -3.74. The fourth-order valence-corrected chi connectivity index (χ4v) is 3.26. The summed E-state index contributed by atoms with van der Waals surface area (Å²) in [6.07, 6.45) is 2.11. The Kier molecular flexibility index (Phi) is 4.66. The normalized spacial score (nSPS) is 17.0. The highest BCUT2D eigenvalue weighted by atomic mass is 79.9. The molecule has 112 valence electrons. The van der Waals surface area contributed by atoms with Gasteiger partial charge in [0.05, 0.1) is 10.9 Å². The maximum atomic E-state index is 13.6. The van der Waals surface area contributed by atoms with E-state index in [4.69, 9.17) is 0 Å². The lowest BCUT2D eigenvalue weighted by Gasteiger charge is -2.16. The Morgan fingerprint density at radius 3 is 2.60 bits per heavy atom. The molecule has 1 atom stereocenters. The smallest absolute Gasteiger partial charge is 0.236 e. The molecule has 2 rings (SSSR count). The summed E-state index contributed by atoms with van der Waals surface area (Å²) in [5, 5.41) is 2.38. The molecule has 1 aliphatic carbocycles. The quantitative estimate of drug-likeness (QED) is 0.811. The second kappa shape index (κ2) is 5.95. The number of anilines is 1. The third-order valence-corrected chi connectivity index (χ3v) is 5.39. The zero-order chi connectivity index (χ0) is 14.9. The minimum absolute atomic E-state index is 0.0286. The molecule has 4 nitrogen and oxygen atoms in total. The molecule has 1 aromatic rings. The van der Waals surface area contributed by atoms with Crippen LogP contribution in [0, 0.1) is 11.6 Å². The second-order valence-electron chi connectivity index (χ2n) is 4.88. The lowest BCUT2D eigenvalue weighted by Crippen LogP contribution is -2.35. The van der Waals surface area contributed by atoms with Crippen molar-refractivity contribution in [1.29, 1.82) is 0 Å². The van der Waals surface area contributed by atoms with Crippen LogP contribution >= 0.6 is 15.9 Å². The summed E-state index contributed by atoms with van der Waals surface area (Å²) in [6.45, 7) is 1.83. The van der Waals surface area contributed by atoms with Gasteiger partial charge < -0.3 is 5.32 Å². The highest BCUT2D eigenvalue weighted by molar-refractivity contribution is 9.10. The monoisotopic (exact) mass is 368 g/mol. The van der Waals surface area contributed by atoms with Crippen LogP contribution in [0.25, 0.3) is 0 Å². The predicted molar refractivity (Wildman–Crippen MR) is 77.1 cm³/mol. The van der Waals surface area contributed by atoms with E-state index in [-0.39, 0.29) is 10.2 Å². The first-order valence-corrected chi connectivity index (χ1v) is 8.53. The van der Waals surface area contributed by atoms with Gasteiger partial charge in [-0.1, -0.05) is 0 Å². The summed E-state index contributed by atoms with van der Waals surface area (Å²) in [6, 6.07) is 2.03. The Morgan fingerprint density at radius 1 is 1.40 bits per heavy atom. The van der Waals surface area contributed by atoms with E-state index < -0.39 is 26.9 Å². The summed E-state index contributed by atoms with van der Waals surface area (Å²) in [5.74, 6) is -1.73. The van der Waals surface area contributed by atoms with Crippen molar-refractivity contribution >= 4 is 31.6 Å². The fraction of sp³-hybridized carbons (Fsp3) is 0.500. The summed E-state index contributed by atoms with van der Waals surface area (Å²) in [5.41, 5.74) is -0.273. The molecule has 2 N–H and O–H groups in total. The van der Waals surface area contributed by atoms with Gasteiger partial charge in [0.15, 0.2) is 5.82 Å². The van der Waals surface area contributed by atoms with Crippen LogP contribution < -0.4 is 10.0 Å². The van der Waals surface area contributed by atoms with Crippen molar-refractivity contribution in [1.82, 2.24) is 5.32 Å². The summed E-state index contributed by atoms with van der Waals surface area (Å²) >= 11 is 2.95. The molecule has 0 spiro atoms. The van der Waals surface area contributed by atoms with Gasteiger partial charge in [0.25, 0.3) is 0 Å². The zero-order valence-electron chi connectivity index (χ0n) is 10.8. The van der Waals surface area contributed by atoms with Crippen LogP contribution in [0.5, 0.6) is 0 Å². The molecule has 8 heteroatoms. The van der Waals surface area contributed by atoms with Gasteiger partial charge in [-0.05, 0) is 41.8 Å². The van der Waals surface area contributed by atoms with E-state index in [2.05, 4.69) is 26.0 Å². The van der Waals surface area contributed by atoms with Gasteiger partial charge in [0, 0.05) is 23.1 Å². The van der Waals surface area contributed by atoms with Crippen molar-refractivity contribution in [2.75, 3.05) is 11.3 Å². The van der Waals surface area contributed by atoms with Crippen molar-refractivity contribution in [2.24, 2.45) is 0 Å². The molecule has 0 heterocycles. The number of hydrogen-bond donors (Lipinski definition) is 2. The summed E-state index contributed by atoms with van der Waals surface area (Å²) in [4.78, 5) is 0. The lowest BCUT2D eigenvalue weighted by atomic mass is 10.3. The van der Waals surface area contributed by atoms with Crippen molar-refractivity contribution in [3.63, 3.8) is 0 Å². The third-order valence-electron chi connectivity index (χ3n) is 3.05. The Morgan fingerprint density at radius 2 is 2.05 bits per heavy atom. The van der Waals surface area contributed by atoms with E-state index in [0.717, 1.165) is 18.9 Å². The number of nitrogens with one attached hydrogen (secondary N) is 2. The molecule has 0 amide bonds. The van der Waals surface area contributed by atoms with Crippen molar-refractivity contribution in [3.05, 3.63) is 28.2 Å². The topological polar surface area (TPSA) is 58.2 Å². The van der Waals surface area contributed by atoms with Crippen molar-refractivity contribution < 1.29 is 17.2 Å². The van der Waals surface area contributed by atoms with Crippen LogP contribution in [0.15, 0.2) is 16.6 Å². The van der Waals surface area contributed by atoms with Gasteiger partial charge in [-0.25, -0.2) is 17.2 Å². The van der Waals surface area contributed by atoms with Crippen LogP contribution in [0.1, 0.15) is 19.8 Å². The maximum Gasteiger partial charge on any atom is 0.236 e. The average molecular weight is 369 g/mol. The van der Waals surface area contributed by atoms with Crippen LogP contribution in [0.4, 0.5) is 14.5 Å². The van der Waals surface area contributed by atoms with Gasteiger partial charge in [-0.2, -0.15) is 0 Å². The predicted octanol–water partition coefficient (Wildman–Crippen LogP) is 2.61. The van der Waals surface area contributed by atoms with Crippen LogP contribution in [0.2, 0.25) is 0 Å². The van der Waals surface area contributed by atoms with E-state index in [1.807, 2.05) is 0 Å². The van der Waals surface area contributed by atoms with Crippen LogP contribution in [-0.4, -0.2) is 26.3 Å². The minimum atomic E-state index is -3.74. The number of halogens is 3. The SMILES string of the molecule is CC(CNC1CC1)S(=O)(=O)Nc1c(F)cc(F)cc1Br. The lowest BCUT2D eigenvalue weighted by molar-refractivity contribution is 0.571. The molecule has 1 fully saturated rings. The molecule has 1 unspecified atom stereocenters. The van der Waals surface area contributed by atoms with Gasteiger partial charge in [0.1, 0.15) is 5.82 Å². The second-order valence-corrected chi connectivity index (χ2v) is 7.84. The number of hydrogen-bond acceptors (Lipinski definition) is 3. The first-order valence-electron chi connectivity index (χ1n) is 6.19. The molecule has 1 aromatic carbocycles. The number of benzene rings is 1. The van der Waals surface area contributed by atoms with E-state index in [1.54, 1.807) is 0 Å². The number of sulfonamides is 1. The Hall–Kier alpha value is -0.730. The molecule has 1 aliphatic rings. The largest absolute Gasteiger partial charge is 0.313 e. The minimum Gasteiger partial charge on any atom is -0.313 e.